The molecule has 1 fully saturated rings. The molecule has 160 valence electrons. The SMILES string of the molecule is CC(=O)OCCOC(COC(C)=O)C(OC(C)=O)C(CCC1CC1)OC(C)=O. The Morgan fingerprint density at radius 3 is 1.89 bits per heavy atom. The predicted molar refractivity (Wildman–Crippen MR) is 96.1 cm³/mol. The number of esters is 4. The first-order chi connectivity index (χ1) is 13.2. The van der Waals surface area contributed by atoms with E-state index < -0.39 is 42.2 Å². The molecule has 0 radical (unpaired) electrons. The molecule has 0 spiro atoms. The highest BCUT2D eigenvalue weighted by molar-refractivity contribution is 5.67. The normalized spacial score (nSPS) is 16.4. The van der Waals surface area contributed by atoms with E-state index in [1.165, 1.54) is 27.7 Å². The smallest absolute Gasteiger partial charge is 0.303 e. The molecule has 0 saturated heterocycles. The Morgan fingerprint density at radius 1 is 0.786 bits per heavy atom. The highest BCUT2D eigenvalue weighted by Gasteiger charge is 2.37. The van der Waals surface area contributed by atoms with Gasteiger partial charge in [0.25, 0.3) is 0 Å². The Bertz CT molecular complexity index is 542. The molecule has 0 aromatic rings. The van der Waals surface area contributed by atoms with Crippen LogP contribution in [0.2, 0.25) is 0 Å². The van der Waals surface area contributed by atoms with E-state index in [-0.39, 0.29) is 19.8 Å². The Kier molecular flexibility index (Phi) is 10.5. The molecule has 3 unspecified atom stereocenters. The zero-order valence-electron chi connectivity index (χ0n) is 16.9. The topological polar surface area (TPSA) is 114 Å². The van der Waals surface area contributed by atoms with Gasteiger partial charge in [-0.3, -0.25) is 19.2 Å². The van der Waals surface area contributed by atoms with E-state index >= 15 is 0 Å². The molecule has 0 aliphatic heterocycles. The van der Waals surface area contributed by atoms with Crippen LogP contribution in [-0.2, 0) is 42.9 Å². The average Bonchev–Trinajstić information content (AvgIpc) is 3.39. The lowest BCUT2D eigenvalue weighted by molar-refractivity contribution is -0.187. The van der Waals surface area contributed by atoms with E-state index in [1.807, 2.05) is 0 Å². The summed E-state index contributed by atoms with van der Waals surface area (Å²) in [6, 6.07) is 0. The van der Waals surface area contributed by atoms with Gasteiger partial charge in [0.15, 0.2) is 6.10 Å². The molecule has 0 aromatic carbocycles. The number of carbonyl (C=O) groups is 4. The summed E-state index contributed by atoms with van der Waals surface area (Å²) >= 11 is 0. The zero-order valence-corrected chi connectivity index (χ0v) is 16.9. The number of carbonyl (C=O) groups excluding carboxylic acids is 4. The van der Waals surface area contributed by atoms with Crippen LogP contribution in [0.5, 0.6) is 0 Å². The third kappa shape index (κ3) is 10.9. The van der Waals surface area contributed by atoms with Gasteiger partial charge in [0, 0.05) is 27.7 Å². The molecule has 0 N–H and O–H groups in total. The number of ether oxygens (including phenoxy) is 5. The van der Waals surface area contributed by atoms with E-state index in [0.29, 0.717) is 12.3 Å². The van der Waals surface area contributed by atoms with Crippen molar-refractivity contribution in [3.63, 3.8) is 0 Å². The molecule has 28 heavy (non-hydrogen) atoms. The molecule has 1 aliphatic rings. The van der Waals surface area contributed by atoms with Gasteiger partial charge in [-0.05, 0) is 18.8 Å². The van der Waals surface area contributed by atoms with Crippen molar-refractivity contribution in [2.45, 2.75) is 71.7 Å². The van der Waals surface area contributed by atoms with E-state index in [2.05, 4.69) is 0 Å². The minimum atomic E-state index is -0.961. The molecule has 1 saturated carbocycles. The van der Waals surface area contributed by atoms with Crippen molar-refractivity contribution in [1.29, 1.82) is 0 Å². The van der Waals surface area contributed by atoms with E-state index in [4.69, 9.17) is 23.7 Å². The Labute approximate surface area is 165 Å². The maximum Gasteiger partial charge on any atom is 0.303 e. The van der Waals surface area contributed by atoms with Gasteiger partial charge in [-0.15, -0.1) is 0 Å². The van der Waals surface area contributed by atoms with Gasteiger partial charge < -0.3 is 23.7 Å². The van der Waals surface area contributed by atoms with E-state index in [1.54, 1.807) is 0 Å². The van der Waals surface area contributed by atoms with Crippen LogP contribution in [0.4, 0.5) is 0 Å². The van der Waals surface area contributed by atoms with Crippen molar-refractivity contribution >= 4 is 23.9 Å². The number of rotatable bonds is 13. The molecule has 3 atom stereocenters. The van der Waals surface area contributed by atoms with Crippen LogP contribution in [0.3, 0.4) is 0 Å². The summed E-state index contributed by atoms with van der Waals surface area (Å²) in [6.07, 6.45) is 0.983. The summed E-state index contributed by atoms with van der Waals surface area (Å²) in [5, 5.41) is 0. The molecule has 9 heteroatoms. The highest BCUT2D eigenvalue weighted by Crippen LogP contribution is 2.35. The minimum Gasteiger partial charge on any atom is -0.463 e. The summed E-state index contributed by atoms with van der Waals surface area (Å²) in [7, 11) is 0. The van der Waals surface area contributed by atoms with E-state index in [9.17, 15) is 19.2 Å². The monoisotopic (exact) mass is 402 g/mol. The minimum absolute atomic E-state index is 0.00130. The van der Waals surface area contributed by atoms with Crippen molar-refractivity contribution < 1.29 is 42.9 Å². The molecule has 1 aliphatic carbocycles. The maximum atomic E-state index is 11.7. The van der Waals surface area contributed by atoms with Gasteiger partial charge in [0.05, 0.1) is 6.61 Å². The van der Waals surface area contributed by atoms with Gasteiger partial charge in [0.1, 0.15) is 25.4 Å². The fourth-order valence-corrected chi connectivity index (χ4v) is 2.71. The summed E-state index contributed by atoms with van der Waals surface area (Å²) in [5.41, 5.74) is 0. The maximum absolute atomic E-state index is 11.7. The van der Waals surface area contributed by atoms with Crippen LogP contribution in [0, 0.1) is 5.92 Å². The Hall–Kier alpha value is -2.16. The predicted octanol–water partition coefficient (Wildman–Crippen LogP) is 1.55. The largest absolute Gasteiger partial charge is 0.463 e. The summed E-state index contributed by atoms with van der Waals surface area (Å²) in [6.45, 7) is 4.81. The molecule has 1 rings (SSSR count). The van der Waals surface area contributed by atoms with Crippen molar-refractivity contribution in [1.82, 2.24) is 0 Å². The molecule has 0 amide bonds. The second kappa shape index (κ2) is 12.3. The quantitative estimate of drug-likeness (QED) is 0.257. The van der Waals surface area contributed by atoms with Crippen LogP contribution < -0.4 is 0 Å². The summed E-state index contributed by atoms with van der Waals surface area (Å²) < 4.78 is 26.3. The number of hydrogen-bond acceptors (Lipinski definition) is 9. The molecule has 0 aromatic heterocycles. The van der Waals surface area contributed by atoms with Crippen LogP contribution in [0.1, 0.15) is 53.4 Å². The van der Waals surface area contributed by atoms with Gasteiger partial charge in [-0.2, -0.15) is 0 Å². The Morgan fingerprint density at radius 2 is 1.39 bits per heavy atom. The lowest BCUT2D eigenvalue weighted by Crippen LogP contribution is -2.47. The van der Waals surface area contributed by atoms with Crippen molar-refractivity contribution in [2.75, 3.05) is 19.8 Å². The lowest BCUT2D eigenvalue weighted by atomic mass is 10.0. The lowest BCUT2D eigenvalue weighted by Gasteiger charge is -2.32. The molecular formula is C19H30O9. The van der Waals surface area contributed by atoms with E-state index in [0.717, 1.165) is 19.3 Å². The van der Waals surface area contributed by atoms with Crippen molar-refractivity contribution in [3.05, 3.63) is 0 Å². The third-order valence-electron chi connectivity index (χ3n) is 4.08. The number of hydrogen-bond donors (Lipinski definition) is 0. The van der Waals surface area contributed by atoms with Gasteiger partial charge in [-0.1, -0.05) is 12.8 Å². The summed E-state index contributed by atoms with van der Waals surface area (Å²) in [5.74, 6) is -1.50. The van der Waals surface area contributed by atoms with Crippen molar-refractivity contribution in [3.8, 4) is 0 Å². The van der Waals surface area contributed by atoms with Crippen LogP contribution in [-0.4, -0.2) is 62.0 Å². The van der Waals surface area contributed by atoms with Crippen LogP contribution >= 0.6 is 0 Å². The molecule has 0 bridgehead atoms. The van der Waals surface area contributed by atoms with Crippen LogP contribution in [0.15, 0.2) is 0 Å². The fourth-order valence-electron chi connectivity index (χ4n) is 2.71. The standard InChI is InChI=1S/C19H30O9/c1-12(20)24-9-10-25-18(11-26-13(2)21)19(28-15(4)23)17(27-14(3)22)8-7-16-5-6-16/h16-19H,5-11H2,1-4H3. The first-order valence-corrected chi connectivity index (χ1v) is 9.41. The second-order valence-corrected chi connectivity index (χ2v) is 6.79. The second-order valence-electron chi connectivity index (χ2n) is 6.79. The van der Waals surface area contributed by atoms with Gasteiger partial charge >= 0.3 is 23.9 Å². The van der Waals surface area contributed by atoms with Gasteiger partial charge in [0.2, 0.25) is 0 Å². The third-order valence-corrected chi connectivity index (χ3v) is 4.08. The highest BCUT2D eigenvalue weighted by atomic mass is 16.6. The van der Waals surface area contributed by atoms with Crippen molar-refractivity contribution in [2.24, 2.45) is 5.92 Å². The average molecular weight is 402 g/mol. The molecular weight excluding hydrogens is 372 g/mol. The first kappa shape index (κ1) is 23.9. The zero-order chi connectivity index (χ0) is 21.1. The van der Waals surface area contributed by atoms with Gasteiger partial charge in [-0.25, -0.2) is 0 Å². The Balaban J connectivity index is 2.89. The first-order valence-electron chi connectivity index (χ1n) is 9.41. The van der Waals surface area contributed by atoms with Crippen LogP contribution in [0.25, 0.3) is 0 Å². The fraction of sp³-hybridized carbons (Fsp3) is 0.789. The molecule has 0 heterocycles. The summed E-state index contributed by atoms with van der Waals surface area (Å²) in [4.78, 5) is 45.4. The molecule has 9 nitrogen and oxygen atoms in total.